The summed E-state index contributed by atoms with van der Waals surface area (Å²) in [6.45, 7) is 4.11. The van der Waals surface area contributed by atoms with E-state index in [2.05, 4.69) is 23.0 Å². The lowest BCUT2D eigenvalue weighted by Gasteiger charge is -1.90. The van der Waals surface area contributed by atoms with E-state index in [1.54, 1.807) is 7.11 Å². The van der Waals surface area contributed by atoms with Gasteiger partial charge in [-0.3, -0.25) is 0 Å². The summed E-state index contributed by atoms with van der Waals surface area (Å²) in [6.07, 6.45) is 7.73. The Kier molecular flexibility index (Phi) is 6.79. The SMILES string of the molecule is CCCCC=CC(C)=NOC. The molecule has 2 nitrogen and oxygen atoms in total. The van der Waals surface area contributed by atoms with Gasteiger partial charge in [0, 0.05) is 0 Å². The van der Waals surface area contributed by atoms with Crippen LogP contribution in [0.4, 0.5) is 0 Å². The molecule has 0 saturated heterocycles. The zero-order valence-corrected chi connectivity index (χ0v) is 7.63. The Hall–Kier alpha value is -0.790. The van der Waals surface area contributed by atoms with Gasteiger partial charge in [0.15, 0.2) is 0 Å². The summed E-state index contributed by atoms with van der Waals surface area (Å²) < 4.78 is 0. The van der Waals surface area contributed by atoms with E-state index in [9.17, 15) is 0 Å². The largest absolute Gasteiger partial charge is 0.399 e. The summed E-state index contributed by atoms with van der Waals surface area (Å²) in [5.74, 6) is 0. The van der Waals surface area contributed by atoms with Gasteiger partial charge >= 0.3 is 0 Å². The highest BCUT2D eigenvalue weighted by molar-refractivity contribution is 5.92. The number of oxime groups is 1. The van der Waals surface area contributed by atoms with Gasteiger partial charge in [-0.25, -0.2) is 0 Å². The molecule has 64 valence electrons. The van der Waals surface area contributed by atoms with Crippen LogP contribution in [0.3, 0.4) is 0 Å². The molecule has 0 N–H and O–H groups in total. The quantitative estimate of drug-likeness (QED) is 0.340. The van der Waals surface area contributed by atoms with Gasteiger partial charge in [-0.2, -0.15) is 0 Å². The zero-order valence-electron chi connectivity index (χ0n) is 7.63. The van der Waals surface area contributed by atoms with E-state index in [0.717, 1.165) is 12.1 Å². The minimum atomic E-state index is 0.920. The maximum atomic E-state index is 4.60. The van der Waals surface area contributed by atoms with E-state index in [-0.39, 0.29) is 0 Å². The fraction of sp³-hybridized carbons (Fsp3) is 0.667. The van der Waals surface area contributed by atoms with Gasteiger partial charge in [0.2, 0.25) is 0 Å². The van der Waals surface area contributed by atoms with Gasteiger partial charge in [-0.05, 0) is 19.4 Å². The van der Waals surface area contributed by atoms with Crippen LogP contribution >= 0.6 is 0 Å². The summed E-state index contributed by atoms with van der Waals surface area (Å²) in [6, 6.07) is 0. The molecule has 0 amide bonds. The summed E-state index contributed by atoms with van der Waals surface area (Å²) in [4.78, 5) is 4.60. The molecule has 0 aliphatic heterocycles. The van der Waals surface area contributed by atoms with Gasteiger partial charge in [0.25, 0.3) is 0 Å². The van der Waals surface area contributed by atoms with Crippen molar-refractivity contribution in [3.05, 3.63) is 12.2 Å². The summed E-state index contributed by atoms with van der Waals surface area (Å²) in [5.41, 5.74) is 0.920. The normalized spacial score (nSPS) is 12.5. The maximum absolute atomic E-state index is 4.60. The number of hydrogen-bond donors (Lipinski definition) is 0. The van der Waals surface area contributed by atoms with Gasteiger partial charge in [-0.1, -0.05) is 31.0 Å². The van der Waals surface area contributed by atoms with Gasteiger partial charge in [-0.15, -0.1) is 0 Å². The highest BCUT2D eigenvalue weighted by atomic mass is 16.6. The molecule has 0 aliphatic rings. The second-order valence-electron chi connectivity index (χ2n) is 2.46. The van der Waals surface area contributed by atoms with Crippen molar-refractivity contribution in [2.24, 2.45) is 5.16 Å². The second kappa shape index (κ2) is 7.32. The fourth-order valence-corrected chi connectivity index (χ4v) is 0.750. The van der Waals surface area contributed by atoms with Crippen LogP contribution in [-0.4, -0.2) is 12.8 Å². The van der Waals surface area contributed by atoms with Crippen LogP contribution in [0.2, 0.25) is 0 Å². The van der Waals surface area contributed by atoms with E-state index >= 15 is 0 Å². The minimum absolute atomic E-state index is 0.920. The van der Waals surface area contributed by atoms with Gasteiger partial charge < -0.3 is 4.84 Å². The molecular formula is C9H17NO. The van der Waals surface area contributed by atoms with E-state index in [1.165, 1.54) is 12.8 Å². The predicted molar refractivity (Wildman–Crippen MR) is 48.8 cm³/mol. The third kappa shape index (κ3) is 7.10. The number of allylic oxidation sites excluding steroid dienone is 2. The molecule has 0 unspecified atom stereocenters. The first-order valence-electron chi connectivity index (χ1n) is 4.05. The molecular weight excluding hydrogens is 138 g/mol. The lowest BCUT2D eigenvalue weighted by atomic mass is 10.2. The lowest BCUT2D eigenvalue weighted by molar-refractivity contribution is 0.213. The van der Waals surface area contributed by atoms with Crippen LogP contribution in [0.25, 0.3) is 0 Å². The molecule has 0 heterocycles. The van der Waals surface area contributed by atoms with Crippen molar-refractivity contribution in [2.45, 2.75) is 33.1 Å². The molecule has 0 fully saturated rings. The highest BCUT2D eigenvalue weighted by Crippen LogP contribution is 1.95. The maximum Gasteiger partial charge on any atom is 0.106 e. The monoisotopic (exact) mass is 155 g/mol. The molecule has 0 rings (SSSR count). The smallest absolute Gasteiger partial charge is 0.106 e. The van der Waals surface area contributed by atoms with Crippen LogP contribution < -0.4 is 0 Å². The third-order valence-electron chi connectivity index (χ3n) is 1.32. The molecule has 0 radical (unpaired) electrons. The van der Waals surface area contributed by atoms with E-state index < -0.39 is 0 Å². The van der Waals surface area contributed by atoms with Crippen LogP contribution in [0, 0.1) is 0 Å². The third-order valence-corrected chi connectivity index (χ3v) is 1.32. The fourth-order valence-electron chi connectivity index (χ4n) is 0.750. The summed E-state index contributed by atoms with van der Waals surface area (Å²) >= 11 is 0. The van der Waals surface area contributed by atoms with Crippen LogP contribution in [0.5, 0.6) is 0 Å². The average Bonchev–Trinajstić information content (AvgIpc) is 1.99. The number of hydrogen-bond acceptors (Lipinski definition) is 2. The molecule has 0 aliphatic carbocycles. The molecule has 2 heteroatoms. The van der Waals surface area contributed by atoms with Crippen LogP contribution in [-0.2, 0) is 4.84 Å². The van der Waals surface area contributed by atoms with Crippen molar-refractivity contribution in [3.63, 3.8) is 0 Å². The van der Waals surface area contributed by atoms with Crippen molar-refractivity contribution >= 4 is 5.71 Å². The van der Waals surface area contributed by atoms with Crippen molar-refractivity contribution in [2.75, 3.05) is 7.11 Å². The van der Waals surface area contributed by atoms with Crippen molar-refractivity contribution in [1.82, 2.24) is 0 Å². The topological polar surface area (TPSA) is 21.6 Å². The number of unbranched alkanes of at least 4 members (excludes halogenated alkanes) is 2. The molecule has 0 spiro atoms. The number of rotatable bonds is 5. The van der Waals surface area contributed by atoms with Crippen molar-refractivity contribution in [3.8, 4) is 0 Å². The lowest BCUT2D eigenvalue weighted by Crippen LogP contribution is -1.84. The minimum Gasteiger partial charge on any atom is -0.399 e. The Bertz CT molecular complexity index is 138. The first-order chi connectivity index (χ1) is 5.31. The Labute approximate surface area is 68.9 Å². The van der Waals surface area contributed by atoms with Gasteiger partial charge in [0.05, 0.1) is 5.71 Å². The molecule has 0 aromatic heterocycles. The first-order valence-corrected chi connectivity index (χ1v) is 4.05. The van der Waals surface area contributed by atoms with Crippen LogP contribution in [0.15, 0.2) is 17.3 Å². The van der Waals surface area contributed by atoms with Crippen LogP contribution in [0.1, 0.15) is 33.1 Å². The Balaban J connectivity index is 3.48. The van der Waals surface area contributed by atoms with E-state index in [1.807, 2.05) is 13.0 Å². The number of nitrogens with zero attached hydrogens (tertiary/aromatic N) is 1. The predicted octanol–water partition coefficient (Wildman–Crippen LogP) is 2.76. The summed E-state index contributed by atoms with van der Waals surface area (Å²) in [5, 5.41) is 3.75. The van der Waals surface area contributed by atoms with E-state index in [4.69, 9.17) is 0 Å². The zero-order chi connectivity index (χ0) is 8.53. The standard InChI is InChI=1S/C9H17NO/c1-4-5-6-7-8-9(2)10-11-3/h7-8H,4-6H2,1-3H3. The second-order valence-corrected chi connectivity index (χ2v) is 2.46. The highest BCUT2D eigenvalue weighted by Gasteiger charge is 1.82. The van der Waals surface area contributed by atoms with Gasteiger partial charge in [0.1, 0.15) is 7.11 Å². The van der Waals surface area contributed by atoms with E-state index in [0.29, 0.717) is 0 Å². The van der Waals surface area contributed by atoms with Crippen molar-refractivity contribution < 1.29 is 4.84 Å². The molecule has 0 aromatic rings. The molecule has 0 bridgehead atoms. The first kappa shape index (κ1) is 10.2. The van der Waals surface area contributed by atoms with Crippen molar-refractivity contribution in [1.29, 1.82) is 0 Å². The molecule has 11 heavy (non-hydrogen) atoms. The molecule has 0 atom stereocenters. The molecule has 0 saturated carbocycles. The average molecular weight is 155 g/mol. The Morgan fingerprint density at radius 1 is 1.55 bits per heavy atom. The Morgan fingerprint density at radius 3 is 2.82 bits per heavy atom. The summed E-state index contributed by atoms with van der Waals surface area (Å²) in [7, 11) is 1.56. The molecule has 0 aromatic carbocycles. The Morgan fingerprint density at radius 2 is 2.27 bits per heavy atom.